The summed E-state index contributed by atoms with van der Waals surface area (Å²) in [5.74, 6) is -0.0768. The molecule has 1 aliphatic heterocycles. The molecule has 0 aromatic heterocycles. The third-order valence-electron chi connectivity index (χ3n) is 3.58. The molecule has 102 valence electrons. The van der Waals surface area contributed by atoms with E-state index >= 15 is 0 Å². The summed E-state index contributed by atoms with van der Waals surface area (Å²) in [5, 5.41) is 12.1. The van der Waals surface area contributed by atoms with Gasteiger partial charge < -0.3 is 15.3 Å². The van der Waals surface area contributed by atoms with Crippen LogP contribution in [0.3, 0.4) is 0 Å². The topological polar surface area (TPSA) is 69.6 Å². The third kappa shape index (κ3) is 2.76. The van der Waals surface area contributed by atoms with Crippen LogP contribution in [0, 0.1) is 0 Å². The van der Waals surface area contributed by atoms with Crippen LogP contribution < -0.4 is 5.32 Å². The fourth-order valence-electron chi connectivity index (χ4n) is 2.58. The van der Waals surface area contributed by atoms with Crippen molar-refractivity contribution in [2.24, 2.45) is 0 Å². The second kappa shape index (κ2) is 5.84. The van der Waals surface area contributed by atoms with E-state index in [0.717, 1.165) is 12.0 Å². The lowest BCUT2D eigenvalue weighted by atomic mass is 10.1. The average molecular weight is 262 g/mol. The van der Waals surface area contributed by atoms with E-state index in [1.807, 2.05) is 30.3 Å². The summed E-state index contributed by atoms with van der Waals surface area (Å²) in [6.45, 7) is 0.305. The number of likely N-dealkylation sites (tertiary alicyclic amines) is 1. The number of nitrogens with zero attached hydrogens (tertiary/aromatic N) is 1. The van der Waals surface area contributed by atoms with Gasteiger partial charge >= 0.3 is 0 Å². The van der Waals surface area contributed by atoms with Gasteiger partial charge in [-0.1, -0.05) is 30.3 Å². The quantitative estimate of drug-likeness (QED) is 0.749. The van der Waals surface area contributed by atoms with Gasteiger partial charge in [-0.2, -0.15) is 0 Å². The molecule has 0 spiro atoms. The monoisotopic (exact) mass is 262 g/mol. The van der Waals surface area contributed by atoms with Crippen LogP contribution in [-0.2, 0) is 16.0 Å². The molecular weight excluding hydrogens is 244 g/mol. The van der Waals surface area contributed by atoms with Gasteiger partial charge in [0.1, 0.15) is 5.66 Å². The lowest BCUT2D eigenvalue weighted by Crippen LogP contribution is -2.59. The van der Waals surface area contributed by atoms with Crippen molar-refractivity contribution < 1.29 is 14.7 Å². The van der Waals surface area contributed by atoms with Crippen molar-refractivity contribution >= 4 is 12.3 Å². The maximum absolute atomic E-state index is 12.3. The lowest BCUT2D eigenvalue weighted by molar-refractivity contribution is -0.138. The van der Waals surface area contributed by atoms with Crippen molar-refractivity contribution in [1.82, 2.24) is 10.2 Å². The molecule has 2 amide bonds. The van der Waals surface area contributed by atoms with E-state index in [1.165, 1.54) is 0 Å². The Morgan fingerprint density at radius 3 is 2.79 bits per heavy atom. The number of carbonyl (C=O) groups is 2. The van der Waals surface area contributed by atoms with Crippen LogP contribution in [0.2, 0.25) is 0 Å². The van der Waals surface area contributed by atoms with Gasteiger partial charge in [-0.3, -0.25) is 9.59 Å². The van der Waals surface area contributed by atoms with E-state index in [2.05, 4.69) is 5.32 Å². The minimum absolute atomic E-state index is 0.0768. The number of amides is 2. The highest BCUT2D eigenvalue weighted by atomic mass is 16.3. The summed E-state index contributed by atoms with van der Waals surface area (Å²) >= 11 is 0. The van der Waals surface area contributed by atoms with Crippen LogP contribution >= 0.6 is 0 Å². The molecule has 1 aliphatic rings. The van der Waals surface area contributed by atoms with E-state index in [9.17, 15) is 14.7 Å². The average Bonchev–Trinajstić information content (AvgIpc) is 2.85. The molecule has 0 radical (unpaired) electrons. The predicted octanol–water partition coefficient (Wildman–Crippen LogP) is 0.286. The van der Waals surface area contributed by atoms with E-state index in [0.29, 0.717) is 19.4 Å². The first-order valence-corrected chi connectivity index (χ1v) is 6.38. The van der Waals surface area contributed by atoms with Crippen molar-refractivity contribution in [2.75, 3.05) is 13.2 Å². The molecule has 1 heterocycles. The summed E-state index contributed by atoms with van der Waals surface area (Å²) in [6.07, 6.45) is 2.19. The van der Waals surface area contributed by atoms with Crippen LogP contribution in [0.25, 0.3) is 0 Å². The summed E-state index contributed by atoms with van der Waals surface area (Å²) in [7, 11) is 0. The largest absolute Gasteiger partial charge is 0.392 e. The van der Waals surface area contributed by atoms with Gasteiger partial charge in [0.15, 0.2) is 0 Å². The molecule has 1 saturated heterocycles. The number of carbonyl (C=O) groups excluding carboxylic acids is 2. The first-order valence-electron chi connectivity index (χ1n) is 6.38. The Balaban J connectivity index is 2.11. The normalized spacial score (nSPS) is 22.3. The van der Waals surface area contributed by atoms with Crippen molar-refractivity contribution in [3.63, 3.8) is 0 Å². The molecule has 1 aromatic rings. The third-order valence-corrected chi connectivity index (χ3v) is 3.58. The van der Waals surface area contributed by atoms with E-state index in [-0.39, 0.29) is 18.9 Å². The summed E-state index contributed by atoms with van der Waals surface area (Å²) in [6, 6.07) is 9.45. The summed E-state index contributed by atoms with van der Waals surface area (Å²) in [4.78, 5) is 24.6. The Labute approximate surface area is 112 Å². The molecule has 0 aliphatic carbocycles. The van der Waals surface area contributed by atoms with Crippen molar-refractivity contribution in [3.8, 4) is 0 Å². The first kappa shape index (κ1) is 13.5. The first-order chi connectivity index (χ1) is 9.22. The van der Waals surface area contributed by atoms with Gasteiger partial charge in [0.25, 0.3) is 0 Å². The van der Waals surface area contributed by atoms with Crippen molar-refractivity contribution in [3.05, 3.63) is 35.9 Å². The number of nitrogens with one attached hydrogen (secondary N) is 1. The molecule has 19 heavy (non-hydrogen) atoms. The van der Waals surface area contributed by atoms with E-state index in [1.54, 1.807) is 4.90 Å². The number of aliphatic hydroxyl groups excluding tert-OH is 1. The highest BCUT2D eigenvalue weighted by Gasteiger charge is 2.42. The molecule has 2 N–H and O–H groups in total. The SMILES string of the molecule is O=CNC1(CO)CCCN1C(=O)Cc1ccccc1. The summed E-state index contributed by atoms with van der Waals surface area (Å²) < 4.78 is 0. The van der Waals surface area contributed by atoms with Gasteiger partial charge in [-0.25, -0.2) is 0 Å². The zero-order chi connectivity index (χ0) is 13.7. The number of hydrogen-bond donors (Lipinski definition) is 2. The molecule has 1 fully saturated rings. The number of hydrogen-bond acceptors (Lipinski definition) is 3. The van der Waals surface area contributed by atoms with Crippen LogP contribution in [-0.4, -0.2) is 41.1 Å². The van der Waals surface area contributed by atoms with Gasteiger partial charge in [-0.15, -0.1) is 0 Å². The fourth-order valence-corrected chi connectivity index (χ4v) is 2.58. The standard InChI is InChI=1S/C14H18N2O3/c17-10-14(15-11-18)7-4-8-16(14)13(19)9-12-5-2-1-3-6-12/h1-3,5-6,11,17H,4,7-10H2,(H,15,18). The van der Waals surface area contributed by atoms with Crippen molar-refractivity contribution in [1.29, 1.82) is 0 Å². The molecule has 5 heteroatoms. The highest BCUT2D eigenvalue weighted by molar-refractivity contribution is 5.80. The smallest absolute Gasteiger partial charge is 0.228 e. The van der Waals surface area contributed by atoms with Gasteiger partial charge in [0, 0.05) is 6.54 Å². The van der Waals surface area contributed by atoms with Crippen molar-refractivity contribution in [2.45, 2.75) is 24.9 Å². The minimum Gasteiger partial charge on any atom is -0.392 e. The molecule has 1 unspecified atom stereocenters. The molecular formula is C14H18N2O3. The maximum Gasteiger partial charge on any atom is 0.228 e. The second-order valence-corrected chi connectivity index (χ2v) is 4.76. The molecule has 0 bridgehead atoms. The summed E-state index contributed by atoms with van der Waals surface area (Å²) in [5.41, 5.74) is 0.00509. The fraction of sp³-hybridized carbons (Fsp3) is 0.429. The highest BCUT2D eigenvalue weighted by Crippen LogP contribution is 2.26. The minimum atomic E-state index is -0.923. The number of benzene rings is 1. The Hall–Kier alpha value is -1.88. The molecule has 0 saturated carbocycles. The Morgan fingerprint density at radius 1 is 1.42 bits per heavy atom. The zero-order valence-electron chi connectivity index (χ0n) is 10.7. The number of rotatable bonds is 5. The molecule has 1 atom stereocenters. The Bertz CT molecular complexity index is 449. The Kier molecular flexibility index (Phi) is 4.16. The van der Waals surface area contributed by atoms with Crippen LogP contribution in [0.15, 0.2) is 30.3 Å². The lowest BCUT2D eigenvalue weighted by Gasteiger charge is -2.36. The second-order valence-electron chi connectivity index (χ2n) is 4.76. The Morgan fingerprint density at radius 2 is 2.16 bits per heavy atom. The van der Waals surface area contributed by atoms with Gasteiger partial charge in [-0.05, 0) is 18.4 Å². The maximum atomic E-state index is 12.3. The molecule has 5 nitrogen and oxygen atoms in total. The van der Waals surface area contributed by atoms with Gasteiger partial charge in [0.2, 0.25) is 12.3 Å². The zero-order valence-corrected chi connectivity index (χ0v) is 10.7. The number of aliphatic hydroxyl groups is 1. The molecule has 1 aromatic carbocycles. The van der Waals surface area contributed by atoms with Crippen LogP contribution in [0.5, 0.6) is 0 Å². The van der Waals surface area contributed by atoms with Crippen LogP contribution in [0.4, 0.5) is 0 Å². The van der Waals surface area contributed by atoms with Crippen LogP contribution in [0.1, 0.15) is 18.4 Å². The van der Waals surface area contributed by atoms with Gasteiger partial charge in [0.05, 0.1) is 13.0 Å². The predicted molar refractivity (Wildman–Crippen MR) is 70.1 cm³/mol. The molecule has 2 rings (SSSR count). The van der Waals surface area contributed by atoms with E-state index in [4.69, 9.17) is 0 Å². The van der Waals surface area contributed by atoms with E-state index < -0.39 is 5.66 Å².